The zero-order valence-corrected chi connectivity index (χ0v) is 22.1. The molecule has 0 aliphatic carbocycles. The lowest BCUT2D eigenvalue weighted by atomic mass is 9.98. The molecule has 196 valence electrons. The fourth-order valence-corrected chi connectivity index (χ4v) is 5.14. The lowest BCUT2D eigenvalue weighted by Gasteiger charge is -2.16. The molecule has 1 N–H and O–H groups in total. The number of halogens is 3. The second kappa shape index (κ2) is 10.5. The summed E-state index contributed by atoms with van der Waals surface area (Å²) in [6.45, 7) is 6.02. The smallest absolute Gasteiger partial charge is 0.260 e. The van der Waals surface area contributed by atoms with Crippen molar-refractivity contribution in [1.82, 2.24) is 24.3 Å². The predicted octanol–water partition coefficient (Wildman–Crippen LogP) is 6.02. The summed E-state index contributed by atoms with van der Waals surface area (Å²) in [5, 5.41) is 10.1. The van der Waals surface area contributed by atoms with Gasteiger partial charge in [0.25, 0.3) is 12.0 Å². The average molecular weight is 537 g/mol. The van der Waals surface area contributed by atoms with E-state index in [1.165, 1.54) is 0 Å². The lowest BCUT2D eigenvalue weighted by Crippen LogP contribution is -2.26. The van der Waals surface area contributed by atoms with Crippen molar-refractivity contribution >= 4 is 39.1 Å². The van der Waals surface area contributed by atoms with E-state index < -0.39 is 18.5 Å². The molecular formula is C28H27ClF2N6O. The highest BCUT2D eigenvalue weighted by atomic mass is 35.5. The Bertz CT molecular complexity index is 1710. The van der Waals surface area contributed by atoms with Crippen molar-refractivity contribution in [2.24, 2.45) is 0 Å². The van der Waals surface area contributed by atoms with Gasteiger partial charge in [0.15, 0.2) is 0 Å². The largest absolute Gasteiger partial charge is 0.383 e. The van der Waals surface area contributed by atoms with Crippen LogP contribution in [0.5, 0.6) is 0 Å². The standard InChI is InChI=1S/C28H27ClF2N6O/c1-4-37-27-21(14-34-37)25-18(11-16(2)12-20(25)28(38)36(27)15-24(30)31)7-10-33-22-5-6-23(29)35-26(22)19-8-9-32-17(3)13-19/h5-6,8-9,11-14,24,33H,4,7,10,15H2,1-3H3. The lowest BCUT2D eigenvalue weighted by molar-refractivity contribution is 0.126. The fraction of sp³-hybridized carbons (Fsp3) is 0.286. The van der Waals surface area contributed by atoms with Gasteiger partial charge < -0.3 is 5.32 Å². The molecule has 0 aliphatic heterocycles. The van der Waals surface area contributed by atoms with Crippen molar-refractivity contribution in [3.05, 3.63) is 81.1 Å². The summed E-state index contributed by atoms with van der Waals surface area (Å²) >= 11 is 6.21. The molecule has 5 aromatic rings. The number of pyridine rings is 3. The molecule has 4 aromatic heterocycles. The number of aromatic nitrogens is 5. The highest BCUT2D eigenvalue weighted by Crippen LogP contribution is 2.30. The molecule has 0 atom stereocenters. The van der Waals surface area contributed by atoms with E-state index in [4.69, 9.17) is 11.6 Å². The summed E-state index contributed by atoms with van der Waals surface area (Å²) in [7, 11) is 0. The molecule has 0 amide bonds. The normalized spacial score (nSPS) is 11.7. The van der Waals surface area contributed by atoms with E-state index in [1.54, 1.807) is 29.2 Å². The Morgan fingerprint density at radius 1 is 1.11 bits per heavy atom. The Kier molecular flexibility index (Phi) is 7.12. The first kappa shape index (κ1) is 25.8. The number of alkyl halides is 2. The van der Waals surface area contributed by atoms with Gasteiger partial charge in [-0.2, -0.15) is 5.10 Å². The second-order valence-electron chi connectivity index (χ2n) is 9.24. The average Bonchev–Trinajstić information content (AvgIpc) is 3.31. The van der Waals surface area contributed by atoms with Crippen molar-refractivity contribution in [2.75, 3.05) is 11.9 Å². The number of aryl methyl sites for hydroxylation is 3. The Hall–Kier alpha value is -3.85. The van der Waals surface area contributed by atoms with Gasteiger partial charge in [0.2, 0.25) is 0 Å². The molecule has 0 fully saturated rings. The van der Waals surface area contributed by atoms with Gasteiger partial charge in [0.05, 0.1) is 24.1 Å². The van der Waals surface area contributed by atoms with Gasteiger partial charge >= 0.3 is 0 Å². The number of fused-ring (bicyclic) bond motifs is 3. The fourth-order valence-electron chi connectivity index (χ4n) is 4.99. The van der Waals surface area contributed by atoms with Crippen LogP contribution in [-0.2, 0) is 19.5 Å². The maximum Gasteiger partial charge on any atom is 0.260 e. The number of hydrogen-bond acceptors (Lipinski definition) is 5. The molecule has 0 spiro atoms. The van der Waals surface area contributed by atoms with Gasteiger partial charge in [-0.05, 0) is 63.1 Å². The van der Waals surface area contributed by atoms with Crippen molar-refractivity contribution in [1.29, 1.82) is 0 Å². The molecule has 7 nitrogen and oxygen atoms in total. The van der Waals surface area contributed by atoms with E-state index in [-0.39, 0.29) is 0 Å². The number of hydrogen-bond donors (Lipinski definition) is 1. The number of rotatable bonds is 8. The minimum Gasteiger partial charge on any atom is -0.383 e. The van der Waals surface area contributed by atoms with Crippen LogP contribution in [0, 0.1) is 13.8 Å². The summed E-state index contributed by atoms with van der Waals surface area (Å²) in [5.41, 5.74) is 5.12. The Morgan fingerprint density at radius 3 is 2.66 bits per heavy atom. The molecular weight excluding hydrogens is 510 g/mol. The maximum atomic E-state index is 13.5. The molecule has 4 heterocycles. The number of nitrogens with zero attached hydrogens (tertiary/aromatic N) is 5. The third-order valence-electron chi connectivity index (χ3n) is 6.54. The van der Waals surface area contributed by atoms with E-state index in [0.29, 0.717) is 41.1 Å². The van der Waals surface area contributed by atoms with Crippen molar-refractivity contribution < 1.29 is 8.78 Å². The highest BCUT2D eigenvalue weighted by molar-refractivity contribution is 6.29. The zero-order chi connectivity index (χ0) is 27.0. The van der Waals surface area contributed by atoms with Gasteiger partial charge in [-0.3, -0.25) is 14.3 Å². The van der Waals surface area contributed by atoms with Crippen LogP contribution in [0.4, 0.5) is 14.5 Å². The minimum absolute atomic E-state index is 0.389. The van der Waals surface area contributed by atoms with Crippen LogP contribution in [0.3, 0.4) is 0 Å². The highest BCUT2D eigenvalue weighted by Gasteiger charge is 2.20. The minimum atomic E-state index is -2.66. The third kappa shape index (κ3) is 4.86. The van der Waals surface area contributed by atoms with Crippen LogP contribution in [0.2, 0.25) is 5.15 Å². The van der Waals surface area contributed by atoms with Gasteiger partial charge in [0, 0.05) is 46.7 Å². The maximum absolute atomic E-state index is 13.5. The second-order valence-corrected chi connectivity index (χ2v) is 9.63. The van der Waals surface area contributed by atoms with Crippen molar-refractivity contribution in [3.63, 3.8) is 0 Å². The number of nitrogens with one attached hydrogen (secondary N) is 1. The molecule has 0 bridgehead atoms. The van der Waals surface area contributed by atoms with E-state index in [0.717, 1.165) is 43.7 Å². The van der Waals surface area contributed by atoms with Crippen LogP contribution in [0.25, 0.3) is 33.1 Å². The summed E-state index contributed by atoms with van der Waals surface area (Å²) in [6.07, 6.45) is 1.33. The zero-order valence-electron chi connectivity index (χ0n) is 21.3. The quantitative estimate of drug-likeness (QED) is 0.245. The van der Waals surface area contributed by atoms with Crippen LogP contribution in [0.1, 0.15) is 23.7 Å². The van der Waals surface area contributed by atoms with E-state index in [2.05, 4.69) is 20.4 Å². The summed E-state index contributed by atoms with van der Waals surface area (Å²) in [4.78, 5) is 22.2. The first-order valence-electron chi connectivity index (χ1n) is 12.4. The number of benzene rings is 1. The van der Waals surface area contributed by atoms with Crippen molar-refractivity contribution in [2.45, 2.75) is 46.7 Å². The predicted molar refractivity (Wildman–Crippen MR) is 147 cm³/mol. The number of anilines is 1. The molecule has 0 aliphatic rings. The first-order chi connectivity index (χ1) is 18.3. The van der Waals surface area contributed by atoms with Gasteiger partial charge in [-0.1, -0.05) is 23.2 Å². The molecule has 0 saturated carbocycles. The topological polar surface area (TPSA) is 77.6 Å². The summed E-state index contributed by atoms with van der Waals surface area (Å²) < 4.78 is 29.6. The van der Waals surface area contributed by atoms with Crippen LogP contribution in [0.15, 0.2) is 53.6 Å². The van der Waals surface area contributed by atoms with Crippen LogP contribution < -0.4 is 10.9 Å². The molecule has 5 rings (SSSR count). The monoisotopic (exact) mass is 536 g/mol. The van der Waals surface area contributed by atoms with E-state index >= 15 is 0 Å². The van der Waals surface area contributed by atoms with E-state index in [9.17, 15) is 13.6 Å². The van der Waals surface area contributed by atoms with Gasteiger partial charge in [-0.25, -0.2) is 18.4 Å². The molecule has 0 unspecified atom stereocenters. The SMILES string of the molecule is CCn1ncc2c3c(CCNc4ccc(Cl)nc4-c4ccnc(C)c4)cc(C)cc3c(=O)n(CC(F)F)c21. The third-order valence-corrected chi connectivity index (χ3v) is 6.75. The molecule has 0 radical (unpaired) electrons. The molecule has 38 heavy (non-hydrogen) atoms. The molecule has 1 aromatic carbocycles. The Morgan fingerprint density at radius 2 is 1.92 bits per heavy atom. The molecule has 10 heteroatoms. The summed E-state index contributed by atoms with van der Waals surface area (Å²) in [6, 6.07) is 11.3. The van der Waals surface area contributed by atoms with E-state index in [1.807, 2.05) is 45.0 Å². The van der Waals surface area contributed by atoms with Crippen LogP contribution >= 0.6 is 11.6 Å². The Labute approximate surface area is 223 Å². The first-order valence-corrected chi connectivity index (χ1v) is 12.8. The van der Waals surface area contributed by atoms with Crippen LogP contribution in [-0.4, -0.2) is 37.3 Å². The Balaban J connectivity index is 1.55. The summed E-state index contributed by atoms with van der Waals surface area (Å²) in [5.74, 6) is 0. The van der Waals surface area contributed by atoms with Gasteiger partial charge in [-0.15, -0.1) is 0 Å². The van der Waals surface area contributed by atoms with Gasteiger partial charge in [0.1, 0.15) is 10.8 Å². The van der Waals surface area contributed by atoms with Crippen molar-refractivity contribution in [3.8, 4) is 11.3 Å². The molecule has 0 saturated heterocycles.